The molecule has 1 N–H and O–H groups in total. The zero-order valence-corrected chi connectivity index (χ0v) is 15.5. The summed E-state index contributed by atoms with van der Waals surface area (Å²) in [5.74, 6) is 0.686. The molecule has 0 radical (unpaired) electrons. The smallest absolute Gasteiger partial charge is 0.258 e. The summed E-state index contributed by atoms with van der Waals surface area (Å²) in [6.45, 7) is 12.3. The Morgan fingerprint density at radius 1 is 0.958 bits per heavy atom. The Labute approximate surface area is 145 Å². The minimum Gasteiger partial charge on any atom is -0.483 e. The SMILES string of the molecule is Cc1cc(C)c(C(C)NC(=O)COc2c(C)cccc2C)cc1C. The lowest BCUT2D eigenvalue weighted by molar-refractivity contribution is -0.123. The highest BCUT2D eigenvalue weighted by Gasteiger charge is 2.14. The molecule has 0 aliphatic heterocycles. The molecule has 0 aliphatic carbocycles. The van der Waals surface area contributed by atoms with E-state index in [1.54, 1.807) is 0 Å². The maximum atomic E-state index is 12.2. The molecule has 1 amide bonds. The summed E-state index contributed by atoms with van der Waals surface area (Å²) < 4.78 is 5.73. The van der Waals surface area contributed by atoms with E-state index in [-0.39, 0.29) is 18.6 Å². The summed E-state index contributed by atoms with van der Waals surface area (Å²) in [4.78, 5) is 12.2. The van der Waals surface area contributed by atoms with Crippen molar-refractivity contribution in [3.05, 3.63) is 63.7 Å². The van der Waals surface area contributed by atoms with Crippen LogP contribution in [0, 0.1) is 34.6 Å². The van der Waals surface area contributed by atoms with E-state index in [1.165, 1.54) is 16.7 Å². The first-order chi connectivity index (χ1) is 11.3. The summed E-state index contributed by atoms with van der Waals surface area (Å²) in [5, 5.41) is 3.03. The van der Waals surface area contributed by atoms with Crippen LogP contribution >= 0.6 is 0 Å². The number of rotatable bonds is 5. The van der Waals surface area contributed by atoms with Crippen LogP contribution in [0.5, 0.6) is 5.75 Å². The number of carbonyl (C=O) groups is 1. The largest absolute Gasteiger partial charge is 0.483 e. The first kappa shape index (κ1) is 18.1. The van der Waals surface area contributed by atoms with E-state index < -0.39 is 0 Å². The van der Waals surface area contributed by atoms with E-state index in [2.05, 4.69) is 38.2 Å². The lowest BCUT2D eigenvalue weighted by atomic mass is 9.96. The molecule has 0 aromatic heterocycles. The van der Waals surface area contributed by atoms with Crippen molar-refractivity contribution in [2.24, 2.45) is 0 Å². The van der Waals surface area contributed by atoms with Gasteiger partial charge in [0.2, 0.25) is 0 Å². The van der Waals surface area contributed by atoms with Crippen molar-refractivity contribution >= 4 is 5.91 Å². The molecule has 2 aromatic carbocycles. The van der Waals surface area contributed by atoms with Gasteiger partial charge in [-0.1, -0.05) is 30.3 Å². The fourth-order valence-corrected chi connectivity index (χ4v) is 2.97. The fourth-order valence-electron chi connectivity index (χ4n) is 2.97. The van der Waals surface area contributed by atoms with Crippen molar-refractivity contribution in [1.82, 2.24) is 5.32 Å². The van der Waals surface area contributed by atoms with Gasteiger partial charge in [0.05, 0.1) is 6.04 Å². The zero-order chi connectivity index (χ0) is 17.9. The summed E-state index contributed by atoms with van der Waals surface area (Å²) in [7, 11) is 0. The molecule has 0 saturated carbocycles. The fraction of sp³-hybridized carbons (Fsp3) is 0.381. The van der Waals surface area contributed by atoms with E-state index in [0.29, 0.717) is 0 Å². The van der Waals surface area contributed by atoms with Crippen LogP contribution in [-0.4, -0.2) is 12.5 Å². The lowest BCUT2D eigenvalue weighted by Crippen LogP contribution is -2.31. The maximum Gasteiger partial charge on any atom is 0.258 e. The Morgan fingerprint density at radius 2 is 1.54 bits per heavy atom. The third kappa shape index (κ3) is 4.16. The van der Waals surface area contributed by atoms with Gasteiger partial charge in [-0.3, -0.25) is 4.79 Å². The van der Waals surface area contributed by atoms with Gasteiger partial charge < -0.3 is 10.1 Å². The summed E-state index contributed by atoms with van der Waals surface area (Å²) in [5.41, 5.74) is 6.94. The highest BCUT2D eigenvalue weighted by molar-refractivity contribution is 5.78. The average Bonchev–Trinajstić information content (AvgIpc) is 2.50. The van der Waals surface area contributed by atoms with E-state index >= 15 is 0 Å². The highest BCUT2D eigenvalue weighted by Crippen LogP contribution is 2.23. The third-order valence-electron chi connectivity index (χ3n) is 4.48. The molecule has 2 rings (SSSR count). The van der Waals surface area contributed by atoms with Crippen molar-refractivity contribution in [1.29, 1.82) is 0 Å². The molecular formula is C21H27NO2. The van der Waals surface area contributed by atoms with Crippen LogP contribution in [0.2, 0.25) is 0 Å². The molecule has 24 heavy (non-hydrogen) atoms. The molecule has 1 unspecified atom stereocenters. The van der Waals surface area contributed by atoms with Crippen LogP contribution in [0.15, 0.2) is 30.3 Å². The van der Waals surface area contributed by atoms with Crippen molar-refractivity contribution in [3.63, 3.8) is 0 Å². The van der Waals surface area contributed by atoms with Crippen molar-refractivity contribution in [2.45, 2.75) is 47.6 Å². The number of amides is 1. The van der Waals surface area contributed by atoms with Gasteiger partial charge in [0.1, 0.15) is 5.75 Å². The average molecular weight is 325 g/mol. The topological polar surface area (TPSA) is 38.3 Å². The Kier molecular flexibility index (Phi) is 5.66. The first-order valence-corrected chi connectivity index (χ1v) is 8.35. The van der Waals surface area contributed by atoms with Gasteiger partial charge in [-0.05, 0) is 74.9 Å². The number of aryl methyl sites for hydroxylation is 5. The predicted octanol–water partition coefficient (Wildman–Crippen LogP) is 4.48. The number of hydrogen-bond acceptors (Lipinski definition) is 2. The van der Waals surface area contributed by atoms with Gasteiger partial charge in [-0.25, -0.2) is 0 Å². The normalized spacial score (nSPS) is 11.9. The van der Waals surface area contributed by atoms with Gasteiger partial charge >= 0.3 is 0 Å². The molecule has 0 saturated heterocycles. The summed E-state index contributed by atoms with van der Waals surface area (Å²) in [6.07, 6.45) is 0. The van der Waals surface area contributed by atoms with Crippen molar-refractivity contribution in [2.75, 3.05) is 6.61 Å². The maximum absolute atomic E-state index is 12.2. The molecule has 0 spiro atoms. The molecular weight excluding hydrogens is 298 g/mol. The Bertz CT molecular complexity index is 729. The van der Waals surface area contributed by atoms with E-state index in [4.69, 9.17) is 4.74 Å². The standard InChI is InChI=1S/C21H27NO2/c1-13-8-7-9-14(2)21(13)24-12-20(23)22-18(6)19-11-16(4)15(3)10-17(19)5/h7-11,18H,12H2,1-6H3,(H,22,23). The highest BCUT2D eigenvalue weighted by atomic mass is 16.5. The van der Waals surface area contributed by atoms with E-state index in [0.717, 1.165) is 22.4 Å². The van der Waals surface area contributed by atoms with Crippen molar-refractivity contribution in [3.8, 4) is 5.75 Å². The van der Waals surface area contributed by atoms with E-state index in [1.807, 2.05) is 39.0 Å². The zero-order valence-electron chi connectivity index (χ0n) is 15.5. The number of ether oxygens (including phenoxy) is 1. The molecule has 1 atom stereocenters. The van der Waals surface area contributed by atoms with Crippen LogP contribution < -0.4 is 10.1 Å². The lowest BCUT2D eigenvalue weighted by Gasteiger charge is -2.19. The minimum atomic E-state index is -0.109. The third-order valence-corrected chi connectivity index (χ3v) is 4.48. The number of benzene rings is 2. The number of para-hydroxylation sites is 1. The van der Waals surface area contributed by atoms with Crippen molar-refractivity contribution < 1.29 is 9.53 Å². The molecule has 0 fully saturated rings. The molecule has 0 bridgehead atoms. The van der Waals surface area contributed by atoms with Crippen LogP contribution in [0.4, 0.5) is 0 Å². The number of carbonyl (C=O) groups excluding carboxylic acids is 1. The van der Waals surface area contributed by atoms with Gasteiger partial charge in [-0.15, -0.1) is 0 Å². The Hall–Kier alpha value is -2.29. The second-order valence-corrected chi connectivity index (χ2v) is 6.59. The van der Waals surface area contributed by atoms with Gasteiger partial charge in [0.15, 0.2) is 6.61 Å². The minimum absolute atomic E-state index is 0.0277. The van der Waals surface area contributed by atoms with Gasteiger partial charge in [-0.2, -0.15) is 0 Å². The molecule has 3 heteroatoms. The van der Waals surface area contributed by atoms with Crippen LogP contribution in [-0.2, 0) is 4.79 Å². The molecule has 0 aliphatic rings. The molecule has 2 aromatic rings. The van der Waals surface area contributed by atoms with E-state index in [9.17, 15) is 4.79 Å². The van der Waals surface area contributed by atoms with Crippen LogP contribution in [0.3, 0.4) is 0 Å². The Morgan fingerprint density at radius 3 is 2.17 bits per heavy atom. The second kappa shape index (κ2) is 7.52. The van der Waals surface area contributed by atoms with Crippen LogP contribution in [0.25, 0.3) is 0 Å². The number of nitrogens with one attached hydrogen (secondary N) is 1. The molecule has 3 nitrogen and oxygen atoms in total. The quantitative estimate of drug-likeness (QED) is 0.880. The monoisotopic (exact) mass is 325 g/mol. The van der Waals surface area contributed by atoms with Gasteiger partial charge in [0.25, 0.3) is 5.91 Å². The predicted molar refractivity (Wildman–Crippen MR) is 98.6 cm³/mol. The molecule has 0 heterocycles. The first-order valence-electron chi connectivity index (χ1n) is 8.35. The number of hydrogen-bond donors (Lipinski definition) is 1. The molecule has 128 valence electrons. The second-order valence-electron chi connectivity index (χ2n) is 6.59. The van der Waals surface area contributed by atoms with Crippen LogP contribution in [0.1, 0.15) is 46.3 Å². The Balaban J connectivity index is 2.01. The van der Waals surface area contributed by atoms with Gasteiger partial charge in [0, 0.05) is 0 Å². The summed E-state index contributed by atoms with van der Waals surface area (Å²) in [6, 6.07) is 10.2. The summed E-state index contributed by atoms with van der Waals surface area (Å²) >= 11 is 0.